The molecule has 90 valence electrons. The number of nitrogens with zero attached hydrogens (tertiary/aromatic N) is 1. The third-order valence-corrected chi connectivity index (χ3v) is 3.44. The molecule has 1 fully saturated rings. The lowest BCUT2D eigenvalue weighted by atomic mass is 10.1. The van der Waals surface area contributed by atoms with Gasteiger partial charge in [0.2, 0.25) is 0 Å². The fourth-order valence-corrected chi connectivity index (χ4v) is 2.48. The van der Waals surface area contributed by atoms with Crippen LogP contribution >= 0.6 is 35.6 Å². The molecule has 16 heavy (non-hydrogen) atoms. The van der Waals surface area contributed by atoms with Gasteiger partial charge in [-0.15, -0.1) is 12.4 Å². The van der Waals surface area contributed by atoms with Gasteiger partial charge in [-0.25, -0.2) is 0 Å². The minimum Gasteiger partial charge on any atom is -0.299 e. The Bertz CT molecular complexity index is 335. The molecule has 0 spiro atoms. The van der Waals surface area contributed by atoms with Crippen LogP contribution < -0.4 is 0 Å². The smallest absolute Gasteiger partial charge is 0.0465 e. The molecule has 0 N–H and O–H groups in total. The van der Waals surface area contributed by atoms with Crippen molar-refractivity contribution in [3.8, 4) is 0 Å². The van der Waals surface area contributed by atoms with Crippen LogP contribution in [0.4, 0.5) is 0 Å². The lowest BCUT2D eigenvalue weighted by molar-refractivity contribution is 0.221. The Morgan fingerprint density at radius 2 is 1.75 bits per heavy atom. The third kappa shape index (κ3) is 3.81. The number of piperidine rings is 1. The van der Waals surface area contributed by atoms with Crippen molar-refractivity contribution < 1.29 is 0 Å². The molecule has 0 bridgehead atoms. The lowest BCUT2D eigenvalue weighted by Crippen LogP contribution is -2.29. The zero-order valence-corrected chi connectivity index (χ0v) is 11.4. The highest BCUT2D eigenvalue weighted by Crippen LogP contribution is 2.23. The van der Waals surface area contributed by atoms with Crippen LogP contribution in [0.3, 0.4) is 0 Å². The lowest BCUT2D eigenvalue weighted by Gasteiger charge is -2.26. The summed E-state index contributed by atoms with van der Waals surface area (Å²) in [6, 6.07) is 5.76. The van der Waals surface area contributed by atoms with Crippen LogP contribution in [0.15, 0.2) is 18.2 Å². The average molecular weight is 281 g/mol. The molecule has 0 amide bonds. The maximum atomic E-state index is 6.14. The Labute approximate surface area is 113 Å². The molecule has 1 saturated heterocycles. The molecule has 0 aliphatic carbocycles. The molecular formula is C12H16Cl3N. The van der Waals surface area contributed by atoms with E-state index in [1.54, 1.807) is 0 Å². The van der Waals surface area contributed by atoms with Crippen molar-refractivity contribution in [3.63, 3.8) is 0 Å². The van der Waals surface area contributed by atoms with Gasteiger partial charge in [0.1, 0.15) is 0 Å². The monoisotopic (exact) mass is 279 g/mol. The molecular weight excluding hydrogens is 264 g/mol. The summed E-state index contributed by atoms with van der Waals surface area (Å²) in [5, 5.41) is 1.50. The van der Waals surface area contributed by atoms with Crippen LogP contribution in [0, 0.1) is 0 Å². The highest BCUT2D eigenvalue weighted by atomic mass is 35.5. The Balaban J connectivity index is 0.00000128. The number of hydrogen-bond acceptors (Lipinski definition) is 1. The van der Waals surface area contributed by atoms with E-state index >= 15 is 0 Å². The van der Waals surface area contributed by atoms with Crippen molar-refractivity contribution in [1.29, 1.82) is 0 Å². The van der Waals surface area contributed by atoms with Crippen molar-refractivity contribution >= 4 is 35.6 Å². The summed E-state index contributed by atoms with van der Waals surface area (Å²) in [6.07, 6.45) is 3.99. The predicted molar refractivity (Wildman–Crippen MR) is 72.8 cm³/mol. The Hall–Kier alpha value is 0.0500. The number of rotatable bonds is 2. The normalized spacial score (nSPS) is 16.9. The maximum Gasteiger partial charge on any atom is 0.0465 e. The Morgan fingerprint density at radius 3 is 2.38 bits per heavy atom. The summed E-state index contributed by atoms with van der Waals surface area (Å²) in [5.41, 5.74) is 1.18. The van der Waals surface area contributed by atoms with Gasteiger partial charge in [0.05, 0.1) is 0 Å². The van der Waals surface area contributed by atoms with E-state index in [0.717, 1.165) is 11.6 Å². The fraction of sp³-hybridized carbons (Fsp3) is 0.500. The zero-order chi connectivity index (χ0) is 10.7. The van der Waals surface area contributed by atoms with E-state index in [1.165, 1.54) is 37.9 Å². The first kappa shape index (κ1) is 14.1. The molecule has 1 heterocycles. The van der Waals surface area contributed by atoms with Gasteiger partial charge in [-0.1, -0.05) is 35.7 Å². The molecule has 0 unspecified atom stereocenters. The van der Waals surface area contributed by atoms with Crippen molar-refractivity contribution in [1.82, 2.24) is 4.90 Å². The second-order valence-electron chi connectivity index (χ2n) is 4.07. The quantitative estimate of drug-likeness (QED) is 0.776. The minimum atomic E-state index is 0. The van der Waals surface area contributed by atoms with E-state index in [2.05, 4.69) is 4.90 Å². The average Bonchev–Trinajstić information content (AvgIpc) is 2.24. The van der Waals surface area contributed by atoms with Gasteiger partial charge in [-0.3, -0.25) is 4.90 Å². The van der Waals surface area contributed by atoms with E-state index in [9.17, 15) is 0 Å². The van der Waals surface area contributed by atoms with E-state index in [-0.39, 0.29) is 12.4 Å². The summed E-state index contributed by atoms with van der Waals surface area (Å²) in [5.74, 6) is 0. The molecule has 2 rings (SSSR count). The third-order valence-electron chi connectivity index (χ3n) is 2.86. The van der Waals surface area contributed by atoms with Gasteiger partial charge in [0, 0.05) is 16.6 Å². The van der Waals surface area contributed by atoms with E-state index < -0.39 is 0 Å². The van der Waals surface area contributed by atoms with Crippen LogP contribution in [-0.4, -0.2) is 18.0 Å². The van der Waals surface area contributed by atoms with Gasteiger partial charge in [-0.2, -0.15) is 0 Å². The van der Waals surface area contributed by atoms with Crippen LogP contribution in [0.25, 0.3) is 0 Å². The van der Waals surface area contributed by atoms with Gasteiger partial charge in [0.25, 0.3) is 0 Å². The van der Waals surface area contributed by atoms with Gasteiger partial charge < -0.3 is 0 Å². The minimum absolute atomic E-state index is 0. The second kappa shape index (κ2) is 6.70. The summed E-state index contributed by atoms with van der Waals surface area (Å²) in [6.45, 7) is 3.34. The predicted octanol–water partition coefficient (Wildman–Crippen LogP) is 4.40. The summed E-state index contributed by atoms with van der Waals surface area (Å²) in [4.78, 5) is 2.46. The maximum absolute atomic E-state index is 6.14. The fourth-order valence-electron chi connectivity index (χ4n) is 2.01. The Kier molecular flexibility index (Phi) is 5.91. The first-order chi connectivity index (χ1) is 7.25. The molecule has 1 aromatic carbocycles. The molecule has 0 atom stereocenters. The summed E-state index contributed by atoms with van der Waals surface area (Å²) < 4.78 is 0. The first-order valence-electron chi connectivity index (χ1n) is 5.42. The van der Waals surface area contributed by atoms with Gasteiger partial charge >= 0.3 is 0 Å². The van der Waals surface area contributed by atoms with Crippen molar-refractivity contribution in [2.45, 2.75) is 25.8 Å². The second-order valence-corrected chi connectivity index (χ2v) is 4.92. The van der Waals surface area contributed by atoms with Crippen molar-refractivity contribution in [2.75, 3.05) is 13.1 Å². The van der Waals surface area contributed by atoms with Gasteiger partial charge in [0.15, 0.2) is 0 Å². The van der Waals surface area contributed by atoms with Crippen LogP contribution in [0.2, 0.25) is 10.0 Å². The van der Waals surface area contributed by atoms with E-state index in [4.69, 9.17) is 23.2 Å². The number of benzene rings is 1. The van der Waals surface area contributed by atoms with E-state index in [0.29, 0.717) is 5.02 Å². The number of halogens is 3. The van der Waals surface area contributed by atoms with Crippen molar-refractivity contribution in [3.05, 3.63) is 33.8 Å². The van der Waals surface area contributed by atoms with Crippen LogP contribution in [0.1, 0.15) is 24.8 Å². The SMILES string of the molecule is Cl.Clc1ccc(CN2CCCCC2)c(Cl)c1. The molecule has 4 heteroatoms. The zero-order valence-electron chi connectivity index (χ0n) is 9.09. The molecule has 0 radical (unpaired) electrons. The highest BCUT2D eigenvalue weighted by molar-refractivity contribution is 6.35. The van der Waals surface area contributed by atoms with Crippen LogP contribution in [0.5, 0.6) is 0 Å². The number of hydrogen-bond donors (Lipinski definition) is 0. The van der Waals surface area contributed by atoms with Gasteiger partial charge in [-0.05, 0) is 43.6 Å². The standard InChI is InChI=1S/C12H15Cl2N.ClH/c13-11-5-4-10(12(14)8-11)9-15-6-2-1-3-7-15;/h4-5,8H,1-3,6-7,9H2;1H. The van der Waals surface area contributed by atoms with E-state index in [1.807, 2.05) is 18.2 Å². The summed E-state index contributed by atoms with van der Waals surface area (Å²) in [7, 11) is 0. The number of likely N-dealkylation sites (tertiary alicyclic amines) is 1. The Morgan fingerprint density at radius 1 is 1.06 bits per heavy atom. The molecule has 1 aromatic rings. The summed E-state index contributed by atoms with van der Waals surface area (Å²) >= 11 is 12.0. The highest BCUT2D eigenvalue weighted by Gasteiger charge is 2.11. The topological polar surface area (TPSA) is 3.24 Å². The first-order valence-corrected chi connectivity index (χ1v) is 6.17. The van der Waals surface area contributed by atoms with Crippen molar-refractivity contribution in [2.24, 2.45) is 0 Å². The molecule has 0 saturated carbocycles. The molecule has 1 aliphatic rings. The largest absolute Gasteiger partial charge is 0.299 e. The molecule has 1 aliphatic heterocycles. The molecule has 0 aromatic heterocycles. The molecule has 1 nitrogen and oxygen atoms in total. The van der Waals surface area contributed by atoms with Crippen LogP contribution in [-0.2, 0) is 6.54 Å².